The molecule has 60 valence electrons. The number of anilines is 1. The smallest absolute Gasteiger partial charge is 0.293 e. The second-order valence-electron chi connectivity index (χ2n) is 2.22. The molecule has 0 amide bonds. The molecule has 1 N–H and O–H groups in total. The van der Waals surface area contributed by atoms with E-state index in [9.17, 15) is 4.79 Å². The Morgan fingerprint density at radius 1 is 1.73 bits per heavy atom. The van der Waals surface area contributed by atoms with Gasteiger partial charge < -0.3 is 9.88 Å². The lowest BCUT2D eigenvalue weighted by Crippen LogP contribution is -2.21. The molecule has 0 radical (unpaired) electrons. The van der Waals surface area contributed by atoms with E-state index in [1.54, 1.807) is 19.4 Å². The molecule has 0 fully saturated rings. The molecular weight excluding hydrogens is 142 g/mol. The lowest BCUT2D eigenvalue weighted by Gasteiger charge is -2.01. The summed E-state index contributed by atoms with van der Waals surface area (Å²) in [6.07, 6.45) is 3.22. The molecule has 0 aromatic carbocycles. The number of nitrogens with zero attached hydrogens (tertiary/aromatic N) is 2. The predicted molar refractivity (Wildman–Crippen MR) is 43.6 cm³/mol. The van der Waals surface area contributed by atoms with Gasteiger partial charge in [-0.1, -0.05) is 0 Å². The van der Waals surface area contributed by atoms with E-state index in [1.165, 1.54) is 4.57 Å². The Balaban J connectivity index is 3.07. The molecule has 0 atom stereocenters. The van der Waals surface area contributed by atoms with Gasteiger partial charge in [-0.25, -0.2) is 4.98 Å². The Hall–Kier alpha value is -1.32. The van der Waals surface area contributed by atoms with Gasteiger partial charge in [0.25, 0.3) is 5.56 Å². The van der Waals surface area contributed by atoms with Crippen molar-refractivity contribution >= 4 is 5.82 Å². The Labute approximate surface area is 64.9 Å². The van der Waals surface area contributed by atoms with Gasteiger partial charge in [-0.15, -0.1) is 0 Å². The van der Waals surface area contributed by atoms with Crippen molar-refractivity contribution in [2.45, 2.75) is 6.92 Å². The highest BCUT2D eigenvalue weighted by Crippen LogP contribution is 1.88. The number of aromatic nitrogens is 2. The van der Waals surface area contributed by atoms with Crippen molar-refractivity contribution in [1.29, 1.82) is 0 Å². The van der Waals surface area contributed by atoms with Gasteiger partial charge >= 0.3 is 0 Å². The molecule has 0 bridgehead atoms. The van der Waals surface area contributed by atoms with Crippen LogP contribution in [0.2, 0.25) is 0 Å². The molecule has 1 aromatic heterocycles. The van der Waals surface area contributed by atoms with Crippen LogP contribution < -0.4 is 10.9 Å². The van der Waals surface area contributed by atoms with Gasteiger partial charge in [-0.3, -0.25) is 4.79 Å². The highest BCUT2D eigenvalue weighted by atomic mass is 16.1. The maximum atomic E-state index is 11.2. The molecule has 0 saturated heterocycles. The zero-order valence-corrected chi connectivity index (χ0v) is 6.66. The van der Waals surface area contributed by atoms with E-state index >= 15 is 0 Å². The highest BCUT2D eigenvalue weighted by molar-refractivity contribution is 5.29. The first-order valence-electron chi connectivity index (χ1n) is 3.51. The summed E-state index contributed by atoms with van der Waals surface area (Å²) in [5, 5.41) is 2.87. The lowest BCUT2D eigenvalue weighted by molar-refractivity contribution is 0.841. The third-order valence-electron chi connectivity index (χ3n) is 1.36. The van der Waals surface area contributed by atoms with Gasteiger partial charge in [-0.2, -0.15) is 0 Å². The zero-order valence-electron chi connectivity index (χ0n) is 6.66. The lowest BCUT2D eigenvalue weighted by atomic mass is 10.6. The Morgan fingerprint density at radius 3 is 3.09 bits per heavy atom. The van der Waals surface area contributed by atoms with E-state index in [2.05, 4.69) is 10.3 Å². The van der Waals surface area contributed by atoms with Crippen LogP contribution in [0.3, 0.4) is 0 Å². The Morgan fingerprint density at radius 2 is 2.45 bits per heavy atom. The fraction of sp³-hybridized carbons (Fsp3) is 0.429. The van der Waals surface area contributed by atoms with Crippen molar-refractivity contribution in [3.05, 3.63) is 22.7 Å². The molecule has 1 rings (SSSR count). The average Bonchev–Trinajstić information content (AvgIpc) is 1.99. The molecule has 0 unspecified atom stereocenters. The number of rotatable bonds is 2. The molecule has 1 aromatic rings. The van der Waals surface area contributed by atoms with Crippen molar-refractivity contribution in [1.82, 2.24) is 9.55 Å². The SMILES string of the molecule is CCNc1nccn(C)c1=O. The number of hydrogen-bond acceptors (Lipinski definition) is 3. The first-order valence-corrected chi connectivity index (χ1v) is 3.51. The molecular formula is C7H11N3O. The van der Waals surface area contributed by atoms with E-state index in [4.69, 9.17) is 0 Å². The summed E-state index contributed by atoms with van der Waals surface area (Å²) < 4.78 is 1.49. The van der Waals surface area contributed by atoms with Crippen LogP contribution in [0.5, 0.6) is 0 Å². The first-order chi connectivity index (χ1) is 5.25. The molecule has 4 heteroatoms. The van der Waals surface area contributed by atoms with Crippen LogP contribution in [0.25, 0.3) is 0 Å². The van der Waals surface area contributed by atoms with Gasteiger partial charge in [0, 0.05) is 26.0 Å². The van der Waals surface area contributed by atoms with E-state index in [0.717, 1.165) is 0 Å². The molecule has 0 spiro atoms. The maximum absolute atomic E-state index is 11.2. The molecule has 0 aliphatic rings. The van der Waals surface area contributed by atoms with Crippen LogP contribution in [0.15, 0.2) is 17.2 Å². The number of aryl methyl sites for hydroxylation is 1. The van der Waals surface area contributed by atoms with Crippen LogP contribution in [0, 0.1) is 0 Å². The molecule has 0 aliphatic heterocycles. The molecule has 1 heterocycles. The molecule has 11 heavy (non-hydrogen) atoms. The molecule has 0 saturated carbocycles. The fourth-order valence-corrected chi connectivity index (χ4v) is 0.787. The summed E-state index contributed by atoms with van der Waals surface area (Å²) in [5.41, 5.74) is -0.0886. The fourth-order valence-electron chi connectivity index (χ4n) is 0.787. The van der Waals surface area contributed by atoms with Crippen molar-refractivity contribution in [2.24, 2.45) is 7.05 Å². The summed E-state index contributed by atoms with van der Waals surface area (Å²) in [4.78, 5) is 15.1. The van der Waals surface area contributed by atoms with Gasteiger partial charge in [0.2, 0.25) is 0 Å². The van der Waals surface area contributed by atoms with Crippen LogP contribution in [0.4, 0.5) is 5.82 Å². The minimum absolute atomic E-state index is 0.0886. The summed E-state index contributed by atoms with van der Waals surface area (Å²) in [7, 11) is 1.70. The van der Waals surface area contributed by atoms with Crippen LogP contribution in [0.1, 0.15) is 6.92 Å². The van der Waals surface area contributed by atoms with Crippen LogP contribution >= 0.6 is 0 Å². The van der Waals surface area contributed by atoms with Gasteiger partial charge in [0.05, 0.1) is 0 Å². The van der Waals surface area contributed by atoms with Crippen molar-refractivity contribution < 1.29 is 0 Å². The summed E-state index contributed by atoms with van der Waals surface area (Å²) in [6.45, 7) is 2.64. The minimum Gasteiger partial charge on any atom is -0.366 e. The average molecular weight is 153 g/mol. The normalized spacial score (nSPS) is 9.64. The monoisotopic (exact) mass is 153 g/mol. The highest BCUT2D eigenvalue weighted by Gasteiger charge is 1.97. The topological polar surface area (TPSA) is 46.9 Å². The summed E-state index contributed by atoms with van der Waals surface area (Å²) in [5.74, 6) is 0.414. The van der Waals surface area contributed by atoms with Gasteiger partial charge in [0.1, 0.15) is 0 Å². The van der Waals surface area contributed by atoms with Crippen LogP contribution in [-0.4, -0.2) is 16.1 Å². The number of nitrogens with one attached hydrogen (secondary N) is 1. The van der Waals surface area contributed by atoms with Crippen LogP contribution in [-0.2, 0) is 7.05 Å². The standard InChI is InChI=1S/C7H11N3O/c1-3-8-6-7(11)10(2)5-4-9-6/h4-5H,3H2,1-2H3,(H,8,9). The van der Waals surface area contributed by atoms with E-state index < -0.39 is 0 Å². The predicted octanol–water partition coefficient (Wildman–Crippen LogP) is 0.212. The largest absolute Gasteiger partial charge is 0.366 e. The van der Waals surface area contributed by atoms with Crippen molar-refractivity contribution in [3.8, 4) is 0 Å². The third-order valence-corrected chi connectivity index (χ3v) is 1.36. The third kappa shape index (κ3) is 1.58. The summed E-state index contributed by atoms with van der Waals surface area (Å²) in [6, 6.07) is 0. The quantitative estimate of drug-likeness (QED) is 0.660. The minimum atomic E-state index is -0.0886. The van der Waals surface area contributed by atoms with Crippen molar-refractivity contribution in [3.63, 3.8) is 0 Å². The van der Waals surface area contributed by atoms with E-state index in [0.29, 0.717) is 12.4 Å². The van der Waals surface area contributed by atoms with Crippen molar-refractivity contribution in [2.75, 3.05) is 11.9 Å². The first kappa shape index (κ1) is 7.78. The zero-order chi connectivity index (χ0) is 8.27. The summed E-state index contributed by atoms with van der Waals surface area (Å²) >= 11 is 0. The Bertz CT molecular complexity index is 292. The second-order valence-corrected chi connectivity index (χ2v) is 2.22. The second kappa shape index (κ2) is 3.18. The molecule has 0 aliphatic carbocycles. The van der Waals surface area contributed by atoms with E-state index in [-0.39, 0.29) is 5.56 Å². The van der Waals surface area contributed by atoms with Gasteiger partial charge in [0.15, 0.2) is 5.82 Å². The Kier molecular flexibility index (Phi) is 2.25. The number of hydrogen-bond donors (Lipinski definition) is 1. The van der Waals surface area contributed by atoms with E-state index in [1.807, 2.05) is 6.92 Å². The van der Waals surface area contributed by atoms with Gasteiger partial charge in [-0.05, 0) is 6.92 Å². The maximum Gasteiger partial charge on any atom is 0.293 e. The molecule has 4 nitrogen and oxygen atoms in total.